The second-order valence-electron chi connectivity index (χ2n) is 5.87. The molecular weight excluding hydrogens is 252 g/mol. The molecule has 1 atom stereocenters. The van der Waals surface area contributed by atoms with Crippen molar-refractivity contribution in [3.05, 3.63) is 12.1 Å². The summed E-state index contributed by atoms with van der Waals surface area (Å²) in [6.45, 7) is 10.00. The number of nitrogens with one attached hydrogen (secondary N) is 1. The fourth-order valence-corrected chi connectivity index (χ4v) is 2.59. The van der Waals surface area contributed by atoms with Crippen LogP contribution in [0.5, 0.6) is 0 Å². The lowest BCUT2D eigenvalue weighted by atomic mass is 10.0. The fraction of sp³-hybridized carbons (Fsp3) is 0.714. The van der Waals surface area contributed by atoms with Crippen LogP contribution in [-0.2, 0) is 0 Å². The first kappa shape index (κ1) is 15.0. The molecule has 0 spiro atoms. The lowest BCUT2D eigenvalue weighted by molar-refractivity contribution is 0.0944. The third-order valence-corrected chi connectivity index (χ3v) is 3.95. The van der Waals surface area contributed by atoms with Gasteiger partial charge in [0.1, 0.15) is 11.6 Å². The minimum Gasteiger partial charge on any atom is -0.382 e. The summed E-state index contributed by atoms with van der Waals surface area (Å²) < 4.78 is 0. The number of rotatable bonds is 5. The molecule has 0 aromatic carbocycles. The number of anilines is 2. The van der Waals surface area contributed by atoms with Crippen molar-refractivity contribution in [1.82, 2.24) is 20.0 Å². The molecular formula is C14H26N6. The van der Waals surface area contributed by atoms with Gasteiger partial charge in [0.25, 0.3) is 0 Å². The lowest BCUT2D eigenvalue weighted by Gasteiger charge is -2.40. The van der Waals surface area contributed by atoms with Crippen LogP contribution in [0.25, 0.3) is 0 Å². The predicted molar refractivity (Wildman–Crippen MR) is 82.6 cm³/mol. The predicted octanol–water partition coefficient (Wildman–Crippen LogP) is 0.743. The van der Waals surface area contributed by atoms with E-state index in [-0.39, 0.29) is 0 Å². The Morgan fingerprint density at radius 2 is 1.90 bits per heavy atom. The molecule has 0 radical (unpaired) electrons. The van der Waals surface area contributed by atoms with E-state index in [1.807, 2.05) is 6.07 Å². The highest BCUT2D eigenvalue weighted by Crippen LogP contribution is 2.14. The Balaban J connectivity index is 1.90. The van der Waals surface area contributed by atoms with Crippen LogP contribution in [0.4, 0.5) is 11.6 Å². The van der Waals surface area contributed by atoms with Crippen molar-refractivity contribution in [2.24, 2.45) is 5.92 Å². The zero-order valence-electron chi connectivity index (χ0n) is 12.7. The Morgan fingerprint density at radius 1 is 1.20 bits per heavy atom. The van der Waals surface area contributed by atoms with E-state index in [4.69, 9.17) is 5.73 Å². The van der Waals surface area contributed by atoms with Crippen LogP contribution in [0, 0.1) is 5.92 Å². The molecule has 1 saturated heterocycles. The van der Waals surface area contributed by atoms with Gasteiger partial charge in [-0.25, -0.2) is 0 Å². The molecule has 1 aromatic rings. The van der Waals surface area contributed by atoms with Crippen molar-refractivity contribution >= 4 is 11.6 Å². The standard InChI is InChI=1S/C14H26N6/c1-11(2)12(20-8-6-19(3)7-9-20)10-16-14-5-4-13(15)17-18-14/h4-5,11-12H,6-10H2,1-3H3,(H2,15,17)(H,16,18). The van der Waals surface area contributed by atoms with Gasteiger partial charge in [-0.1, -0.05) is 13.8 Å². The van der Waals surface area contributed by atoms with Crippen LogP contribution >= 0.6 is 0 Å². The maximum absolute atomic E-state index is 5.55. The SMILES string of the molecule is CC(C)C(CNc1ccc(N)nn1)N1CCN(C)CC1. The molecule has 2 heterocycles. The minimum atomic E-state index is 0.454. The van der Waals surface area contributed by atoms with Crippen molar-refractivity contribution in [3.63, 3.8) is 0 Å². The zero-order chi connectivity index (χ0) is 14.5. The summed E-state index contributed by atoms with van der Waals surface area (Å²) in [6.07, 6.45) is 0. The lowest BCUT2D eigenvalue weighted by Crippen LogP contribution is -2.52. The quantitative estimate of drug-likeness (QED) is 0.828. The van der Waals surface area contributed by atoms with Gasteiger partial charge in [-0.2, -0.15) is 0 Å². The molecule has 3 N–H and O–H groups in total. The van der Waals surface area contributed by atoms with Crippen LogP contribution in [0.15, 0.2) is 12.1 Å². The number of nitrogens with two attached hydrogens (primary N) is 1. The molecule has 1 unspecified atom stereocenters. The van der Waals surface area contributed by atoms with Crippen molar-refractivity contribution in [2.75, 3.05) is 50.8 Å². The van der Waals surface area contributed by atoms with Gasteiger partial charge in [0.15, 0.2) is 0 Å². The van der Waals surface area contributed by atoms with Gasteiger partial charge in [-0.05, 0) is 25.1 Å². The largest absolute Gasteiger partial charge is 0.382 e. The molecule has 1 fully saturated rings. The van der Waals surface area contributed by atoms with Gasteiger partial charge in [0, 0.05) is 38.8 Å². The van der Waals surface area contributed by atoms with Crippen LogP contribution in [0.2, 0.25) is 0 Å². The number of piperazine rings is 1. The molecule has 6 heteroatoms. The third kappa shape index (κ3) is 4.05. The molecule has 112 valence electrons. The average molecular weight is 278 g/mol. The molecule has 20 heavy (non-hydrogen) atoms. The van der Waals surface area contributed by atoms with E-state index in [1.165, 1.54) is 0 Å². The van der Waals surface area contributed by atoms with Crippen molar-refractivity contribution in [3.8, 4) is 0 Å². The molecule has 1 aliphatic heterocycles. The van der Waals surface area contributed by atoms with Crippen LogP contribution < -0.4 is 11.1 Å². The van der Waals surface area contributed by atoms with Crippen LogP contribution in [0.3, 0.4) is 0 Å². The molecule has 1 aliphatic rings. The molecule has 0 amide bonds. The Morgan fingerprint density at radius 3 is 2.45 bits per heavy atom. The van der Waals surface area contributed by atoms with Crippen LogP contribution in [0.1, 0.15) is 13.8 Å². The number of aromatic nitrogens is 2. The first-order valence-electron chi connectivity index (χ1n) is 7.32. The van der Waals surface area contributed by atoms with Crippen molar-refractivity contribution < 1.29 is 0 Å². The summed E-state index contributed by atoms with van der Waals surface area (Å²) in [5.74, 6) is 1.85. The van der Waals surface area contributed by atoms with E-state index in [0.717, 1.165) is 38.5 Å². The van der Waals surface area contributed by atoms with E-state index in [0.29, 0.717) is 17.8 Å². The molecule has 0 saturated carbocycles. The minimum absolute atomic E-state index is 0.454. The second-order valence-corrected chi connectivity index (χ2v) is 5.87. The summed E-state index contributed by atoms with van der Waals surface area (Å²) >= 11 is 0. The van der Waals surface area contributed by atoms with E-state index in [2.05, 4.69) is 46.2 Å². The maximum atomic E-state index is 5.55. The van der Waals surface area contributed by atoms with Gasteiger partial charge >= 0.3 is 0 Å². The Hall–Kier alpha value is -1.40. The molecule has 0 bridgehead atoms. The van der Waals surface area contributed by atoms with Gasteiger partial charge in [-0.15, -0.1) is 10.2 Å². The monoisotopic (exact) mass is 278 g/mol. The number of hydrogen-bond acceptors (Lipinski definition) is 6. The van der Waals surface area contributed by atoms with Gasteiger partial charge in [0.05, 0.1) is 0 Å². The highest BCUT2D eigenvalue weighted by atomic mass is 15.3. The normalized spacial score (nSPS) is 19.2. The first-order chi connectivity index (χ1) is 9.56. The zero-order valence-corrected chi connectivity index (χ0v) is 12.7. The number of hydrogen-bond donors (Lipinski definition) is 2. The summed E-state index contributed by atoms with van der Waals surface area (Å²) in [7, 11) is 2.18. The van der Waals surface area contributed by atoms with E-state index in [1.54, 1.807) is 6.07 Å². The number of nitrogens with zero attached hydrogens (tertiary/aromatic N) is 4. The summed E-state index contributed by atoms with van der Waals surface area (Å²) in [6, 6.07) is 4.17. The van der Waals surface area contributed by atoms with Gasteiger partial charge in [-0.3, -0.25) is 4.90 Å². The highest BCUT2D eigenvalue weighted by Gasteiger charge is 2.24. The van der Waals surface area contributed by atoms with Crippen molar-refractivity contribution in [2.45, 2.75) is 19.9 Å². The summed E-state index contributed by atoms with van der Waals surface area (Å²) in [5.41, 5.74) is 5.55. The Kier molecular flexibility index (Phi) is 5.14. The Bertz CT molecular complexity index is 397. The molecule has 1 aromatic heterocycles. The highest BCUT2D eigenvalue weighted by molar-refractivity contribution is 5.38. The summed E-state index contributed by atoms with van der Waals surface area (Å²) in [5, 5.41) is 11.3. The molecule has 2 rings (SSSR count). The number of nitrogen functional groups attached to an aromatic ring is 1. The average Bonchev–Trinajstić information content (AvgIpc) is 2.43. The molecule has 6 nitrogen and oxygen atoms in total. The van der Waals surface area contributed by atoms with E-state index < -0.39 is 0 Å². The third-order valence-electron chi connectivity index (χ3n) is 3.95. The Labute approximate surface area is 121 Å². The topological polar surface area (TPSA) is 70.3 Å². The summed E-state index contributed by atoms with van der Waals surface area (Å²) in [4.78, 5) is 4.95. The molecule has 0 aliphatic carbocycles. The first-order valence-corrected chi connectivity index (χ1v) is 7.32. The van der Waals surface area contributed by atoms with E-state index >= 15 is 0 Å². The smallest absolute Gasteiger partial charge is 0.148 e. The van der Waals surface area contributed by atoms with Crippen molar-refractivity contribution in [1.29, 1.82) is 0 Å². The number of likely N-dealkylation sites (N-methyl/N-ethyl adjacent to an activating group) is 1. The van der Waals surface area contributed by atoms with Gasteiger partial charge in [0.2, 0.25) is 0 Å². The fourth-order valence-electron chi connectivity index (χ4n) is 2.59. The van der Waals surface area contributed by atoms with Crippen LogP contribution in [-0.4, -0.2) is 65.8 Å². The van der Waals surface area contributed by atoms with Gasteiger partial charge < -0.3 is 16.0 Å². The van der Waals surface area contributed by atoms with E-state index in [9.17, 15) is 0 Å². The second kappa shape index (κ2) is 6.85. The maximum Gasteiger partial charge on any atom is 0.148 e.